The third-order valence-corrected chi connectivity index (χ3v) is 6.00. The van der Waals surface area contributed by atoms with Crippen molar-refractivity contribution in [2.24, 2.45) is 4.40 Å². The lowest BCUT2D eigenvalue weighted by molar-refractivity contribution is 0.0948. The van der Waals surface area contributed by atoms with Gasteiger partial charge in [-0.05, 0) is 42.8 Å². The van der Waals surface area contributed by atoms with Crippen molar-refractivity contribution in [1.29, 1.82) is 0 Å². The highest BCUT2D eigenvalue weighted by atomic mass is 32.2. The van der Waals surface area contributed by atoms with Crippen molar-refractivity contribution in [2.75, 3.05) is 18.0 Å². The topological polar surface area (TPSA) is 91.7 Å². The first-order valence-corrected chi connectivity index (χ1v) is 11.0. The fourth-order valence-corrected chi connectivity index (χ4v) is 4.49. The number of pyridine rings is 1. The first kappa shape index (κ1) is 19.8. The van der Waals surface area contributed by atoms with Crippen molar-refractivity contribution in [3.63, 3.8) is 0 Å². The van der Waals surface area contributed by atoms with Crippen molar-refractivity contribution in [2.45, 2.75) is 11.3 Å². The lowest BCUT2D eigenvalue weighted by atomic mass is 10.1. The van der Waals surface area contributed by atoms with E-state index in [0.29, 0.717) is 36.6 Å². The van der Waals surface area contributed by atoms with Gasteiger partial charge in [-0.2, -0.15) is 8.42 Å². The summed E-state index contributed by atoms with van der Waals surface area (Å²) in [6.45, 7) is 0.898. The van der Waals surface area contributed by atoms with E-state index in [1.807, 2.05) is 35.2 Å². The minimum absolute atomic E-state index is 0.212. The zero-order valence-corrected chi connectivity index (χ0v) is 16.9. The molecule has 4 rings (SSSR count). The maximum Gasteiger partial charge on any atom is 0.285 e. The molecule has 0 spiro atoms. The summed E-state index contributed by atoms with van der Waals surface area (Å²) in [6.07, 6.45) is 2.16. The molecule has 0 radical (unpaired) electrons. The highest BCUT2D eigenvalue weighted by Gasteiger charge is 2.32. The number of rotatable bonds is 6. The quantitative estimate of drug-likeness (QED) is 0.619. The van der Waals surface area contributed by atoms with Crippen LogP contribution in [-0.2, 0) is 10.0 Å². The maximum absolute atomic E-state index is 12.5. The second-order valence-electron chi connectivity index (χ2n) is 6.70. The van der Waals surface area contributed by atoms with Gasteiger partial charge in [-0.3, -0.25) is 9.78 Å². The van der Waals surface area contributed by atoms with Crippen LogP contribution >= 0.6 is 0 Å². The molecule has 30 heavy (non-hydrogen) atoms. The van der Waals surface area contributed by atoms with E-state index in [0.717, 1.165) is 5.69 Å². The van der Waals surface area contributed by atoms with Gasteiger partial charge in [-0.1, -0.05) is 36.4 Å². The number of anilines is 1. The number of carbonyl (C=O) groups excluding carboxylic acids is 1. The van der Waals surface area contributed by atoms with Crippen molar-refractivity contribution in [1.82, 2.24) is 10.3 Å². The molecule has 0 aliphatic carbocycles. The summed E-state index contributed by atoms with van der Waals surface area (Å²) in [6, 6.07) is 21.5. The minimum atomic E-state index is -3.72. The zero-order valence-electron chi connectivity index (χ0n) is 16.1. The number of hydrogen-bond donors (Lipinski definition) is 1. The Labute approximate surface area is 175 Å². The summed E-state index contributed by atoms with van der Waals surface area (Å²) in [5.74, 6) is 0.154. The zero-order chi connectivity index (χ0) is 21.0. The Morgan fingerprint density at radius 3 is 2.43 bits per heavy atom. The molecule has 1 aliphatic rings. The van der Waals surface area contributed by atoms with Gasteiger partial charge in [0.15, 0.2) is 5.84 Å². The molecule has 1 aliphatic heterocycles. The number of carbonyl (C=O) groups is 1. The second kappa shape index (κ2) is 8.46. The second-order valence-corrected chi connectivity index (χ2v) is 8.27. The number of nitrogens with zero attached hydrogens (tertiary/aromatic N) is 3. The summed E-state index contributed by atoms with van der Waals surface area (Å²) >= 11 is 0. The van der Waals surface area contributed by atoms with Gasteiger partial charge >= 0.3 is 0 Å². The summed E-state index contributed by atoms with van der Waals surface area (Å²) in [7, 11) is -3.72. The Bertz CT molecular complexity index is 1180. The van der Waals surface area contributed by atoms with Crippen LogP contribution in [0.3, 0.4) is 0 Å². The van der Waals surface area contributed by atoms with Gasteiger partial charge < -0.3 is 10.2 Å². The molecule has 1 amide bonds. The summed E-state index contributed by atoms with van der Waals surface area (Å²) in [4.78, 5) is 18.3. The maximum atomic E-state index is 12.5. The van der Waals surface area contributed by atoms with Gasteiger partial charge in [0.05, 0.1) is 0 Å². The largest absolute Gasteiger partial charge is 0.351 e. The molecule has 0 unspecified atom stereocenters. The monoisotopic (exact) mass is 420 g/mol. The average molecular weight is 420 g/mol. The molecule has 0 bridgehead atoms. The van der Waals surface area contributed by atoms with Crippen LogP contribution in [-0.4, -0.2) is 38.2 Å². The Hall–Kier alpha value is -3.52. The number of aromatic nitrogens is 1. The molecular weight excluding hydrogens is 400 g/mol. The van der Waals surface area contributed by atoms with Gasteiger partial charge in [0.1, 0.15) is 10.6 Å². The molecule has 0 saturated carbocycles. The molecule has 0 saturated heterocycles. The molecule has 2 aromatic carbocycles. The third-order valence-electron chi connectivity index (χ3n) is 4.68. The highest BCUT2D eigenvalue weighted by Crippen LogP contribution is 2.29. The molecule has 0 fully saturated rings. The average Bonchev–Trinajstić information content (AvgIpc) is 3.06. The van der Waals surface area contributed by atoms with Crippen molar-refractivity contribution >= 4 is 27.5 Å². The number of hydrogen-bond acceptors (Lipinski definition) is 5. The fraction of sp³-hybridized carbons (Fsp3) is 0.136. The number of amidine groups is 1. The van der Waals surface area contributed by atoms with E-state index in [9.17, 15) is 13.2 Å². The summed E-state index contributed by atoms with van der Waals surface area (Å²) in [5, 5.41) is 2.85. The summed E-state index contributed by atoms with van der Waals surface area (Å²) < 4.78 is 29.0. The number of para-hydroxylation sites is 1. The van der Waals surface area contributed by atoms with Crippen molar-refractivity contribution in [3.8, 4) is 0 Å². The van der Waals surface area contributed by atoms with Crippen LogP contribution in [0.4, 0.5) is 5.69 Å². The first-order chi connectivity index (χ1) is 14.6. The predicted octanol–water partition coefficient (Wildman–Crippen LogP) is 2.86. The van der Waals surface area contributed by atoms with E-state index < -0.39 is 10.0 Å². The Morgan fingerprint density at radius 1 is 0.933 bits per heavy atom. The van der Waals surface area contributed by atoms with E-state index in [2.05, 4.69) is 14.7 Å². The van der Waals surface area contributed by atoms with Gasteiger partial charge in [0, 0.05) is 30.5 Å². The van der Waals surface area contributed by atoms with Gasteiger partial charge in [0.25, 0.3) is 15.9 Å². The van der Waals surface area contributed by atoms with Crippen LogP contribution in [0.25, 0.3) is 0 Å². The Kier molecular flexibility index (Phi) is 5.58. The molecule has 8 heteroatoms. The molecule has 1 aromatic heterocycles. The molecule has 0 atom stereocenters. The molecule has 2 heterocycles. The number of fused-ring (bicyclic) bond motifs is 1. The molecule has 152 valence electrons. The minimum Gasteiger partial charge on any atom is -0.351 e. The van der Waals surface area contributed by atoms with Crippen LogP contribution in [0.15, 0.2) is 88.3 Å². The predicted molar refractivity (Wildman–Crippen MR) is 115 cm³/mol. The van der Waals surface area contributed by atoms with Crippen molar-refractivity contribution < 1.29 is 13.2 Å². The van der Waals surface area contributed by atoms with E-state index in [1.165, 1.54) is 0 Å². The van der Waals surface area contributed by atoms with Gasteiger partial charge in [0.2, 0.25) is 0 Å². The fourth-order valence-electron chi connectivity index (χ4n) is 3.28. The van der Waals surface area contributed by atoms with Crippen LogP contribution in [0, 0.1) is 0 Å². The SMILES string of the molecule is O=C(NCCCN(C1=NS(=O)(=O)c2ccccc21)c1ccccc1)c1ccccn1. The van der Waals surface area contributed by atoms with Crippen molar-refractivity contribution in [3.05, 3.63) is 90.3 Å². The van der Waals surface area contributed by atoms with Crippen LogP contribution < -0.4 is 10.2 Å². The summed E-state index contributed by atoms with van der Waals surface area (Å²) in [5.41, 5.74) is 1.77. The number of amides is 1. The number of nitrogens with one attached hydrogen (secondary N) is 1. The van der Waals surface area contributed by atoms with E-state index in [4.69, 9.17) is 0 Å². The highest BCUT2D eigenvalue weighted by molar-refractivity contribution is 7.90. The third kappa shape index (κ3) is 4.08. The lowest BCUT2D eigenvalue weighted by Crippen LogP contribution is -2.34. The van der Waals surface area contributed by atoms with Gasteiger partial charge in [-0.25, -0.2) is 0 Å². The smallest absolute Gasteiger partial charge is 0.285 e. The first-order valence-electron chi connectivity index (χ1n) is 9.52. The van der Waals surface area contributed by atoms with E-state index in [1.54, 1.807) is 48.7 Å². The van der Waals surface area contributed by atoms with Crippen LogP contribution in [0.2, 0.25) is 0 Å². The standard InChI is InChI=1S/C22H20N4O3S/c27-22(19-12-6-7-14-23-19)24-15-8-16-26(17-9-2-1-3-10-17)21-18-11-4-5-13-20(18)30(28,29)25-21/h1-7,9-14H,8,15-16H2,(H,24,27). The Morgan fingerprint density at radius 2 is 1.67 bits per heavy atom. The van der Waals surface area contributed by atoms with Crippen LogP contribution in [0.5, 0.6) is 0 Å². The van der Waals surface area contributed by atoms with E-state index >= 15 is 0 Å². The number of sulfonamides is 1. The normalized spacial score (nSPS) is 13.9. The van der Waals surface area contributed by atoms with Crippen LogP contribution in [0.1, 0.15) is 22.5 Å². The van der Waals surface area contributed by atoms with Gasteiger partial charge in [-0.15, -0.1) is 4.40 Å². The van der Waals surface area contributed by atoms with E-state index in [-0.39, 0.29) is 10.8 Å². The Balaban J connectivity index is 1.52. The lowest BCUT2D eigenvalue weighted by Gasteiger charge is -2.24. The molecule has 7 nitrogen and oxygen atoms in total. The molecule has 1 N–H and O–H groups in total. The molecule has 3 aromatic rings. The molecular formula is C22H20N4O3S. The number of benzene rings is 2.